The summed E-state index contributed by atoms with van der Waals surface area (Å²) < 4.78 is 6.83. The van der Waals surface area contributed by atoms with E-state index < -0.39 is 0 Å². The summed E-state index contributed by atoms with van der Waals surface area (Å²) in [6, 6.07) is 12.7. The molecule has 0 bridgehead atoms. The van der Waals surface area contributed by atoms with E-state index >= 15 is 0 Å². The number of benzene rings is 1. The number of carbonyl (C=O) groups excluding carboxylic acids is 1. The summed E-state index contributed by atoms with van der Waals surface area (Å²) in [6.45, 7) is 0. The number of amides is 1. The zero-order chi connectivity index (χ0) is 16.8. The molecule has 1 aromatic carbocycles. The number of carbonyl (C=O) groups is 1. The lowest BCUT2D eigenvalue weighted by Crippen LogP contribution is -2.14. The van der Waals surface area contributed by atoms with Crippen LogP contribution in [0, 0.1) is 0 Å². The van der Waals surface area contributed by atoms with E-state index in [1.165, 1.54) is 11.8 Å². The SMILES string of the molecule is COc1ccccc1NC(=O)CSc1ccc(-n2cccn2)nn1. The maximum Gasteiger partial charge on any atom is 0.234 e. The van der Waals surface area contributed by atoms with Crippen LogP contribution in [0.5, 0.6) is 5.75 Å². The number of nitrogens with one attached hydrogen (secondary N) is 1. The maximum absolute atomic E-state index is 12.1. The highest BCUT2D eigenvalue weighted by molar-refractivity contribution is 7.99. The molecule has 0 aliphatic rings. The Balaban J connectivity index is 1.56. The summed E-state index contributed by atoms with van der Waals surface area (Å²) in [5, 5.41) is 15.8. The fraction of sp³-hybridized carbons (Fsp3) is 0.125. The van der Waals surface area contributed by atoms with Gasteiger partial charge in [0, 0.05) is 12.4 Å². The molecule has 0 saturated heterocycles. The Bertz CT molecular complexity index is 806. The normalized spacial score (nSPS) is 10.4. The van der Waals surface area contributed by atoms with Gasteiger partial charge in [-0.25, -0.2) is 4.68 Å². The van der Waals surface area contributed by atoms with Crippen molar-refractivity contribution < 1.29 is 9.53 Å². The standard InChI is InChI=1S/C16H15N5O2S/c1-23-13-6-3-2-5-12(13)18-15(22)11-24-16-8-7-14(19-20-16)21-10-4-9-17-21/h2-10H,11H2,1H3,(H,18,22). The Morgan fingerprint density at radius 3 is 2.79 bits per heavy atom. The Labute approximate surface area is 143 Å². The minimum absolute atomic E-state index is 0.137. The van der Waals surface area contributed by atoms with Crippen molar-refractivity contribution in [2.75, 3.05) is 18.2 Å². The first kappa shape index (κ1) is 16.0. The second kappa shape index (κ2) is 7.60. The average Bonchev–Trinajstić information content (AvgIpc) is 3.15. The lowest BCUT2D eigenvalue weighted by Gasteiger charge is -2.09. The van der Waals surface area contributed by atoms with Gasteiger partial charge < -0.3 is 10.1 Å². The van der Waals surface area contributed by atoms with Gasteiger partial charge in [-0.15, -0.1) is 10.2 Å². The third-order valence-corrected chi connectivity index (χ3v) is 4.02. The van der Waals surface area contributed by atoms with Gasteiger partial charge in [0.05, 0.1) is 18.6 Å². The molecular weight excluding hydrogens is 326 g/mol. The van der Waals surface area contributed by atoms with E-state index in [2.05, 4.69) is 20.6 Å². The fourth-order valence-electron chi connectivity index (χ4n) is 1.99. The fourth-order valence-corrected chi connectivity index (χ4v) is 2.60. The molecule has 24 heavy (non-hydrogen) atoms. The van der Waals surface area contributed by atoms with Gasteiger partial charge in [0.15, 0.2) is 5.82 Å². The highest BCUT2D eigenvalue weighted by Crippen LogP contribution is 2.23. The Hall–Kier alpha value is -2.87. The Morgan fingerprint density at radius 1 is 1.21 bits per heavy atom. The number of nitrogens with zero attached hydrogens (tertiary/aromatic N) is 4. The lowest BCUT2D eigenvalue weighted by atomic mass is 10.3. The van der Waals surface area contributed by atoms with Crippen LogP contribution < -0.4 is 10.1 Å². The molecule has 0 unspecified atom stereocenters. The number of aromatic nitrogens is 4. The van der Waals surface area contributed by atoms with Gasteiger partial charge in [0.25, 0.3) is 0 Å². The van der Waals surface area contributed by atoms with E-state index in [1.54, 1.807) is 42.4 Å². The van der Waals surface area contributed by atoms with Crippen LogP contribution in [-0.2, 0) is 4.79 Å². The van der Waals surface area contributed by atoms with Gasteiger partial charge in [-0.1, -0.05) is 23.9 Å². The van der Waals surface area contributed by atoms with E-state index in [9.17, 15) is 4.79 Å². The van der Waals surface area contributed by atoms with Crippen LogP contribution in [0.25, 0.3) is 5.82 Å². The highest BCUT2D eigenvalue weighted by Gasteiger charge is 2.08. The zero-order valence-corrected chi connectivity index (χ0v) is 13.7. The van der Waals surface area contributed by atoms with Gasteiger partial charge in [-0.2, -0.15) is 5.10 Å². The van der Waals surface area contributed by atoms with Crippen molar-refractivity contribution in [2.24, 2.45) is 0 Å². The van der Waals surface area contributed by atoms with Crippen LogP contribution in [0.4, 0.5) is 5.69 Å². The van der Waals surface area contributed by atoms with Crippen molar-refractivity contribution in [1.82, 2.24) is 20.0 Å². The summed E-state index contributed by atoms with van der Waals surface area (Å²) in [5.41, 5.74) is 0.644. The van der Waals surface area contributed by atoms with Crippen molar-refractivity contribution in [2.45, 2.75) is 5.03 Å². The minimum atomic E-state index is -0.137. The molecule has 0 spiro atoms. The van der Waals surface area contributed by atoms with Crippen LogP contribution >= 0.6 is 11.8 Å². The second-order valence-electron chi connectivity index (χ2n) is 4.72. The molecular formula is C16H15N5O2S. The Morgan fingerprint density at radius 2 is 2.08 bits per heavy atom. The molecule has 0 fully saturated rings. The zero-order valence-electron chi connectivity index (χ0n) is 12.9. The number of para-hydroxylation sites is 2. The third-order valence-electron chi connectivity index (χ3n) is 3.10. The predicted molar refractivity (Wildman–Crippen MR) is 91.5 cm³/mol. The van der Waals surface area contributed by atoms with Crippen LogP contribution in [0.15, 0.2) is 59.9 Å². The molecule has 1 N–H and O–H groups in total. The molecule has 1 amide bonds. The summed E-state index contributed by atoms with van der Waals surface area (Å²) in [7, 11) is 1.57. The molecule has 0 atom stereocenters. The number of ether oxygens (including phenoxy) is 1. The Kier molecular flexibility index (Phi) is 5.07. The van der Waals surface area contributed by atoms with Crippen molar-refractivity contribution in [1.29, 1.82) is 0 Å². The maximum atomic E-state index is 12.1. The molecule has 0 aliphatic carbocycles. The van der Waals surface area contributed by atoms with Gasteiger partial charge in [-0.05, 0) is 30.3 Å². The summed E-state index contributed by atoms with van der Waals surface area (Å²) in [6.07, 6.45) is 3.46. The smallest absolute Gasteiger partial charge is 0.234 e. The van der Waals surface area contributed by atoms with Crippen molar-refractivity contribution in [3.63, 3.8) is 0 Å². The van der Waals surface area contributed by atoms with Crippen LogP contribution in [0.1, 0.15) is 0 Å². The number of hydrogen-bond acceptors (Lipinski definition) is 6. The van der Waals surface area contributed by atoms with Crippen molar-refractivity contribution >= 4 is 23.4 Å². The minimum Gasteiger partial charge on any atom is -0.495 e. The van der Waals surface area contributed by atoms with Gasteiger partial charge in [0.1, 0.15) is 10.8 Å². The van der Waals surface area contributed by atoms with Crippen molar-refractivity contribution in [3.05, 3.63) is 54.9 Å². The van der Waals surface area contributed by atoms with Gasteiger partial charge in [-0.3, -0.25) is 4.79 Å². The molecule has 0 radical (unpaired) electrons. The number of hydrogen-bond donors (Lipinski definition) is 1. The molecule has 0 aliphatic heterocycles. The molecule has 2 heterocycles. The predicted octanol–water partition coefficient (Wildman–Crippen LogP) is 2.40. The first-order chi connectivity index (χ1) is 11.8. The van der Waals surface area contributed by atoms with Gasteiger partial charge >= 0.3 is 0 Å². The summed E-state index contributed by atoms with van der Waals surface area (Å²) >= 11 is 1.31. The monoisotopic (exact) mass is 341 g/mol. The molecule has 3 rings (SSSR count). The average molecular weight is 341 g/mol. The first-order valence-corrected chi connectivity index (χ1v) is 8.14. The van der Waals surface area contributed by atoms with Crippen molar-refractivity contribution in [3.8, 4) is 11.6 Å². The molecule has 0 saturated carbocycles. The van der Waals surface area contributed by atoms with E-state index in [0.717, 1.165) is 0 Å². The largest absolute Gasteiger partial charge is 0.495 e. The molecule has 8 heteroatoms. The van der Waals surface area contributed by atoms with Crippen LogP contribution in [0.2, 0.25) is 0 Å². The number of rotatable bonds is 6. The molecule has 2 aromatic heterocycles. The van der Waals surface area contributed by atoms with Gasteiger partial charge in [0.2, 0.25) is 5.91 Å². The highest BCUT2D eigenvalue weighted by atomic mass is 32.2. The topological polar surface area (TPSA) is 81.9 Å². The first-order valence-electron chi connectivity index (χ1n) is 7.15. The number of methoxy groups -OCH3 is 1. The quantitative estimate of drug-likeness (QED) is 0.693. The van der Waals surface area contributed by atoms with Crippen LogP contribution in [-0.4, -0.2) is 38.7 Å². The molecule has 7 nitrogen and oxygen atoms in total. The summed E-state index contributed by atoms with van der Waals surface area (Å²) in [4.78, 5) is 12.1. The summed E-state index contributed by atoms with van der Waals surface area (Å²) in [5.74, 6) is 1.35. The van der Waals surface area contributed by atoms with E-state index in [-0.39, 0.29) is 11.7 Å². The molecule has 122 valence electrons. The lowest BCUT2D eigenvalue weighted by molar-refractivity contribution is -0.113. The van der Waals surface area contributed by atoms with E-state index in [4.69, 9.17) is 4.74 Å². The van der Waals surface area contributed by atoms with E-state index in [0.29, 0.717) is 22.3 Å². The number of anilines is 1. The van der Waals surface area contributed by atoms with E-state index in [1.807, 2.05) is 24.3 Å². The van der Waals surface area contributed by atoms with Crippen LogP contribution in [0.3, 0.4) is 0 Å². The second-order valence-corrected chi connectivity index (χ2v) is 5.71. The number of thioether (sulfide) groups is 1. The third kappa shape index (κ3) is 3.90. The molecule has 3 aromatic rings.